The first kappa shape index (κ1) is 11.3. The molecule has 0 radical (unpaired) electrons. The molecule has 17 heavy (non-hydrogen) atoms. The summed E-state index contributed by atoms with van der Waals surface area (Å²) in [6, 6.07) is 2.61. The van der Waals surface area contributed by atoms with Crippen molar-refractivity contribution < 1.29 is 9.34 Å². The highest BCUT2D eigenvalue weighted by molar-refractivity contribution is 5.23. The van der Waals surface area contributed by atoms with Gasteiger partial charge in [-0.2, -0.15) is 0 Å². The van der Waals surface area contributed by atoms with Crippen molar-refractivity contribution in [3.8, 4) is 0 Å². The summed E-state index contributed by atoms with van der Waals surface area (Å²) < 4.78 is 6.99. The third-order valence-electron chi connectivity index (χ3n) is 2.48. The maximum absolute atomic E-state index is 10.5. The maximum atomic E-state index is 10.5. The van der Waals surface area contributed by atoms with E-state index in [2.05, 4.69) is 10.3 Å². The van der Waals surface area contributed by atoms with Gasteiger partial charge in [0, 0.05) is 19.4 Å². The molecule has 1 atom stereocenters. The van der Waals surface area contributed by atoms with Crippen LogP contribution in [0.2, 0.25) is 0 Å². The first-order chi connectivity index (χ1) is 8.13. The summed E-state index contributed by atoms with van der Waals surface area (Å²) in [5.41, 5.74) is 0. The highest BCUT2D eigenvalue weighted by atomic mass is 16.6. The van der Waals surface area contributed by atoms with E-state index in [0.29, 0.717) is 5.76 Å². The lowest BCUT2D eigenvalue weighted by molar-refractivity contribution is -0.402. The molecule has 7 nitrogen and oxygen atoms in total. The molecule has 0 aliphatic heterocycles. The largest absolute Gasteiger partial charge is 0.433 e. The molecule has 0 saturated carbocycles. The fraction of sp³-hybridized carbons (Fsp3) is 0.300. The van der Waals surface area contributed by atoms with Crippen LogP contribution in [0.15, 0.2) is 28.9 Å². The van der Waals surface area contributed by atoms with E-state index >= 15 is 0 Å². The zero-order chi connectivity index (χ0) is 12.4. The fourth-order valence-corrected chi connectivity index (χ4v) is 1.65. The van der Waals surface area contributed by atoms with Crippen molar-refractivity contribution in [1.82, 2.24) is 14.9 Å². The second kappa shape index (κ2) is 4.38. The molecule has 0 aromatic carbocycles. The molecule has 0 aliphatic carbocycles. The quantitative estimate of drug-likeness (QED) is 0.637. The van der Waals surface area contributed by atoms with E-state index in [1.165, 1.54) is 6.07 Å². The smallest absolute Gasteiger partial charge is 0.404 e. The van der Waals surface area contributed by atoms with E-state index in [-0.39, 0.29) is 11.9 Å². The van der Waals surface area contributed by atoms with Crippen molar-refractivity contribution in [2.75, 3.05) is 7.05 Å². The van der Waals surface area contributed by atoms with Gasteiger partial charge in [-0.25, -0.2) is 4.98 Å². The van der Waals surface area contributed by atoms with Gasteiger partial charge in [0.05, 0.1) is 6.07 Å². The second-order valence-corrected chi connectivity index (χ2v) is 3.55. The van der Waals surface area contributed by atoms with Crippen LogP contribution in [0.1, 0.15) is 17.6 Å². The maximum Gasteiger partial charge on any atom is 0.433 e. The molecule has 7 heteroatoms. The first-order valence-corrected chi connectivity index (χ1v) is 5.02. The zero-order valence-corrected chi connectivity index (χ0v) is 9.45. The van der Waals surface area contributed by atoms with Crippen molar-refractivity contribution in [3.63, 3.8) is 0 Å². The minimum atomic E-state index is -0.561. The minimum absolute atomic E-state index is 0.269. The molecule has 0 saturated heterocycles. The predicted molar refractivity (Wildman–Crippen MR) is 59.5 cm³/mol. The molecule has 2 rings (SSSR count). The summed E-state index contributed by atoms with van der Waals surface area (Å²) in [5, 5.41) is 13.6. The zero-order valence-electron chi connectivity index (χ0n) is 9.45. The number of hydrogen-bond donors (Lipinski definition) is 1. The molecular formula is C10H12N4O3. The number of imidazole rings is 1. The Morgan fingerprint density at radius 1 is 1.59 bits per heavy atom. The molecule has 1 N–H and O–H groups in total. The summed E-state index contributed by atoms with van der Waals surface area (Å²) in [7, 11) is 3.59. The number of nitro groups is 1. The Morgan fingerprint density at radius 3 is 2.82 bits per heavy atom. The lowest BCUT2D eigenvalue weighted by atomic mass is 10.2. The standard InChI is InChI=1S/C10H12N4O3/c1-11-9(10-12-5-6-13(10)2)7-3-4-8(17-7)14(15)16/h3-6,9,11H,1-2H3. The molecule has 2 aromatic rings. The Hall–Kier alpha value is -2.15. The Kier molecular flexibility index (Phi) is 2.92. The number of nitrogens with zero attached hydrogens (tertiary/aromatic N) is 3. The van der Waals surface area contributed by atoms with Gasteiger partial charge in [0.15, 0.2) is 0 Å². The van der Waals surface area contributed by atoms with Crippen molar-refractivity contribution >= 4 is 5.88 Å². The lowest BCUT2D eigenvalue weighted by Crippen LogP contribution is -2.20. The van der Waals surface area contributed by atoms with Crippen molar-refractivity contribution in [3.05, 3.63) is 46.2 Å². The molecular weight excluding hydrogens is 224 g/mol. The van der Waals surface area contributed by atoms with Gasteiger partial charge in [0.2, 0.25) is 0 Å². The lowest BCUT2D eigenvalue weighted by Gasteiger charge is -2.12. The number of hydrogen-bond acceptors (Lipinski definition) is 5. The molecule has 0 amide bonds. The Morgan fingerprint density at radius 2 is 2.35 bits per heavy atom. The van der Waals surface area contributed by atoms with Gasteiger partial charge in [-0.1, -0.05) is 0 Å². The number of furan rings is 1. The van der Waals surface area contributed by atoms with Crippen LogP contribution < -0.4 is 5.32 Å². The van der Waals surface area contributed by atoms with E-state index in [9.17, 15) is 10.1 Å². The Balaban J connectivity index is 2.35. The summed E-state index contributed by atoms with van der Waals surface area (Å²) in [6.07, 6.45) is 3.47. The Labute approximate surface area is 97.2 Å². The normalized spacial score (nSPS) is 12.6. The number of aryl methyl sites for hydroxylation is 1. The summed E-state index contributed by atoms with van der Waals surface area (Å²) in [6.45, 7) is 0. The number of rotatable bonds is 4. The average molecular weight is 236 g/mol. The van der Waals surface area contributed by atoms with E-state index in [1.54, 1.807) is 25.5 Å². The van der Waals surface area contributed by atoms with Crippen LogP contribution in [0, 0.1) is 10.1 Å². The van der Waals surface area contributed by atoms with Crippen LogP contribution in [0.4, 0.5) is 5.88 Å². The van der Waals surface area contributed by atoms with E-state index in [1.807, 2.05) is 11.6 Å². The van der Waals surface area contributed by atoms with Crippen LogP contribution in [0.25, 0.3) is 0 Å². The molecule has 0 aliphatic rings. The number of nitrogens with one attached hydrogen (secondary N) is 1. The van der Waals surface area contributed by atoms with Gasteiger partial charge in [-0.3, -0.25) is 10.1 Å². The molecule has 90 valence electrons. The average Bonchev–Trinajstić information content (AvgIpc) is 2.90. The fourth-order valence-electron chi connectivity index (χ4n) is 1.65. The topological polar surface area (TPSA) is 86.1 Å². The summed E-state index contributed by atoms with van der Waals surface area (Å²) in [4.78, 5) is 14.2. The van der Waals surface area contributed by atoms with Gasteiger partial charge < -0.3 is 14.3 Å². The monoisotopic (exact) mass is 236 g/mol. The predicted octanol–water partition coefficient (Wildman–Crippen LogP) is 1.23. The first-order valence-electron chi connectivity index (χ1n) is 5.02. The van der Waals surface area contributed by atoms with Gasteiger partial charge in [-0.05, 0) is 13.1 Å². The highest BCUT2D eigenvalue weighted by Gasteiger charge is 2.22. The third-order valence-corrected chi connectivity index (χ3v) is 2.48. The van der Waals surface area contributed by atoms with E-state index in [0.717, 1.165) is 5.82 Å². The molecule has 2 heterocycles. The molecule has 0 fully saturated rings. The molecule has 0 spiro atoms. The minimum Gasteiger partial charge on any atom is -0.404 e. The molecule has 1 unspecified atom stereocenters. The Bertz CT molecular complexity index is 531. The van der Waals surface area contributed by atoms with E-state index < -0.39 is 4.92 Å². The SMILES string of the molecule is CNC(c1ccc([N+](=O)[O-])o1)c1nccn1C. The van der Waals surface area contributed by atoms with Crippen molar-refractivity contribution in [2.45, 2.75) is 6.04 Å². The summed E-state index contributed by atoms with van der Waals surface area (Å²) in [5.74, 6) is 0.930. The van der Waals surface area contributed by atoms with Crippen LogP contribution in [0.3, 0.4) is 0 Å². The van der Waals surface area contributed by atoms with Crippen LogP contribution in [-0.4, -0.2) is 21.5 Å². The van der Waals surface area contributed by atoms with Gasteiger partial charge in [0.25, 0.3) is 0 Å². The van der Waals surface area contributed by atoms with Crippen LogP contribution in [0.5, 0.6) is 0 Å². The summed E-state index contributed by atoms with van der Waals surface area (Å²) >= 11 is 0. The van der Waals surface area contributed by atoms with Gasteiger partial charge in [-0.15, -0.1) is 0 Å². The van der Waals surface area contributed by atoms with Gasteiger partial charge in [0.1, 0.15) is 22.5 Å². The van der Waals surface area contributed by atoms with Crippen molar-refractivity contribution in [1.29, 1.82) is 0 Å². The van der Waals surface area contributed by atoms with Crippen LogP contribution >= 0.6 is 0 Å². The van der Waals surface area contributed by atoms with Crippen molar-refractivity contribution in [2.24, 2.45) is 7.05 Å². The van der Waals surface area contributed by atoms with E-state index in [4.69, 9.17) is 4.42 Å². The third kappa shape index (κ3) is 2.04. The highest BCUT2D eigenvalue weighted by Crippen LogP contribution is 2.25. The van der Waals surface area contributed by atoms with Crippen LogP contribution in [-0.2, 0) is 7.05 Å². The molecule has 2 aromatic heterocycles. The van der Waals surface area contributed by atoms with Gasteiger partial charge >= 0.3 is 5.88 Å². The molecule has 0 bridgehead atoms. The number of aromatic nitrogens is 2. The second-order valence-electron chi connectivity index (χ2n) is 3.55.